The van der Waals surface area contributed by atoms with Crippen molar-refractivity contribution in [3.05, 3.63) is 10.6 Å². The second-order valence-electron chi connectivity index (χ2n) is 2.77. The van der Waals surface area contributed by atoms with Crippen molar-refractivity contribution in [2.75, 3.05) is 11.9 Å². The van der Waals surface area contributed by atoms with Gasteiger partial charge in [-0.3, -0.25) is 0 Å². The largest absolute Gasteiger partial charge is 0.362 e. The Hall–Kier alpha value is -0.570. The van der Waals surface area contributed by atoms with E-state index in [1.807, 2.05) is 11.3 Å². The minimum absolute atomic E-state index is 0.979. The second-order valence-corrected chi connectivity index (χ2v) is 3.86. The maximum Gasteiger partial charge on any atom is 0.183 e. The van der Waals surface area contributed by atoms with E-state index in [1.54, 1.807) is 0 Å². The van der Waals surface area contributed by atoms with Crippen LogP contribution in [0.25, 0.3) is 0 Å². The molecule has 0 aliphatic heterocycles. The molecule has 2 rings (SSSR count). The number of thiazole rings is 1. The molecule has 0 amide bonds. The SMILES string of the molecule is CCNc1nc2c(s1)CCC2. The topological polar surface area (TPSA) is 24.9 Å². The first-order valence-corrected chi connectivity index (χ1v) is 4.94. The molecule has 1 N–H and O–H groups in total. The predicted molar refractivity (Wildman–Crippen MR) is 48.3 cm³/mol. The highest BCUT2D eigenvalue weighted by Crippen LogP contribution is 2.29. The maximum atomic E-state index is 4.49. The third-order valence-corrected chi connectivity index (χ3v) is 3.04. The summed E-state index contributed by atoms with van der Waals surface area (Å²) in [5.41, 5.74) is 1.34. The normalized spacial score (nSPS) is 15.0. The summed E-state index contributed by atoms with van der Waals surface area (Å²) in [5, 5.41) is 4.35. The van der Waals surface area contributed by atoms with Gasteiger partial charge in [0.1, 0.15) is 0 Å². The van der Waals surface area contributed by atoms with Gasteiger partial charge in [-0.2, -0.15) is 0 Å². The Bertz CT molecular complexity index is 233. The van der Waals surface area contributed by atoms with E-state index in [0.29, 0.717) is 0 Å². The average molecular weight is 168 g/mol. The molecule has 1 aliphatic rings. The fraction of sp³-hybridized carbons (Fsp3) is 0.625. The first kappa shape index (κ1) is 7.10. The summed E-state index contributed by atoms with van der Waals surface area (Å²) in [7, 11) is 0. The standard InChI is InChI=1S/C8H12N2S/c1-2-9-8-10-6-4-3-5-7(6)11-8/h2-5H2,1H3,(H,9,10). The van der Waals surface area contributed by atoms with Gasteiger partial charge in [-0.15, -0.1) is 11.3 Å². The molecule has 0 bridgehead atoms. The second kappa shape index (κ2) is 2.81. The number of anilines is 1. The van der Waals surface area contributed by atoms with Gasteiger partial charge < -0.3 is 5.32 Å². The molecule has 1 aromatic rings. The molecule has 2 nitrogen and oxygen atoms in total. The molecule has 0 aromatic carbocycles. The van der Waals surface area contributed by atoms with Crippen molar-refractivity contribution in [3.8, 4) is 0 Å². The van der Waals surface area contributed by atoms with Crippen molar-refractivity contribution in [1.29, 1.82) is 0 Å². The van der Waals surface area contributed by atoms with Crippen molar-refractivity contribution in [2.24, 2.45) is 0 Å². The number of hydrogen-bond donors (Lipinski definition) is 1. The zero-order chi connectivity index (χ0) is 7.68. The van der Waals surface area contributed by atoms with Crippen LogP contribution >= 0.6 is 11.3 Å². The van der Waals surface area contributed by atoms with Crippen LogP contribution in [0.2, 0.25) is 0 Å². The van der Waals surface area contributed by atoms with Crippen LogP contribution in [-0.4, -0.2) is 11.5 Å². The molecule has 11 heavy (non-hydrogen) atoms. The Kier molecular flexibility index (Phi) is 1.82. The molecule has 3 heteroatoms. The van der Waals surface area contributed by atoms with E-state index in [4.69, 9.17) is 0 Å². The molecule has 60 valence electrons. The monoisotopic (exact) mass is 168 g/mol. The van der Waals surface area contributed by atoms with Crippen molar-refractivity contribution in [1.82, 2.24) is 4.98 Å². The van der Waals surface area contributed by atoms with Gasteiger partial charge in [-0.25, -0.2) is 4.98 Å². The number of rotatable bonds is 2. The highest BCUT2D eigenvalue weighted by molar-refractivity contribution is 7.15. The van der Waals surface area contributed by atoms with Gasteiger partial charge in [0.15, 0.2) is 5.13 Å². The third kappa shape index (κ3) is 1.25. The highest BCUT2D eigenvalue weighted by Gasteiger charge is 2.15. The van der Waals surface area contributed by atoms with Crippen LogP contribution in [0.1, 0.15) is 23.9 Å². The molecular formula is C8H12N2S. The van der Waals surface area contributed by atoms with E-state index in [9.17, 15) is 0 Å². The molecule has 1 aromatic heterocycles. The quantitative estimate of drug-likeness (QED) is 0.731. The van der Waals surface area contributed by atoms with E-state index in [-0.39, 0.29) is 0 Å². The zero-order valence-electron chi connectivity index (χ0n) is 6.68. The summed E-state index contributed by atoms with van der Waals surface area (Å²) in [4.78, 5) is 5.99. The Morgan fingerprint density at radius 2 is 2.45 bits per heavy atom. The lowest BCUT2D eigenvalue weighted by molar-refractivity contribution is 0.899. The van der Waals surface area contributed by atoms with Crippen molar-refractivity contribution >= 4 is 16.5 Å². The minimum atomic E-state index is 0.979. The van der Waals surface area contributed by atoms with Gasteiger partial charge in [0.25, 0.3) is 0 Å². The number of hydrogen-bond acceptors (Lipinski definition) is 3. The zero-order valence-corrected chi connectivity index (χ0v) is 7.50. The van der Waals surface area contributed by atoms with E-state index in [1.165, 1.54) is 29.8 Å². The highest BCUT2D eigenvalue weighted by atomic mass is 32.1. The van der Waals surface area contributed by atoms with E-state index in [2.05, 4.69) is 17.2 Å². The molecule has 1 aliphatic carbocycles. The molecule has 0 spiro atoms. The molecule has 0 saturated heterocycles. The van der Waals surface area contributed by atoms with Gasteiger partial charge in [-0.05, 0) is 26.2 Å². The van der Waals surface area contributed by atoms with Crippen molar-refractivity contribution in [2.45, 2.75) is 26.2 Å². The summed E-state index contributed by atoms with van der Waals surface area (Å²) >= 11 is 1.82. The Balaban J connectivity index is 2.20. The van der Waals surface area contributed by atoms with Crippen LogP contribution in [0.4, 0.5) is 5.13 Å². The van der Waals surface area contributed by atoms with Crippen LogP contribution in [0, 0.1) is 0 Å². The van der Waals surface area contributed by atoms with Crippen molar-refractivity contribution in [3.63, 3.8) is 0 Å². The van der Waals surface area contributed by atoms with Gasteiger partial charge in [0.05, 0.1) is 5.69 Å². The summed E-state index contributed by atoms with van der Waals surface area (Å²) in [5.74, 6) is 0. The lowest BCUT2D eigenvalue weighted by Crippen LogP contribution is -1.95. The van der Waals surface area contributed by atoms with Crippen LogP contribution in [0.5, 0.6) is 0 Å². The number of nitrogens with one attached hydrogen (secondary N) is 1. The predicted octanol–water partition coefficient (Wildman–Crippen LogP) is 2.06. The minimum Gasteiger partial charge on any atom is -0.362 e. The number of aryl methyl sites for hydroxylation is 2. The molecule has 1 heterocycles. The van der Waals surface area contributed by atoms with Crippen LogP contribution in [0.15, 0.2) is 0 Å². The smallest absolute Gasteiger partial charge is 0.183 e. The third-order valence-electron chi connectivity index (χ3n) is 1.92. The van der Waals surface area contributed by atoms with E-state index < -0.39 is 0 Å². The number of nitrogens with zero attached hydrogens (tertiary/aromatic N) is 1. The first-order chi connectivity index (χ1) is 5.40. The molecular weight excluding hydrogens is 156 g/mol. The fourth-order valence-electron chi connectivity index (χ4n) is 1.42. The van der Waals surface area contributed by atoms with Gasteiger partial charge in [-0.1, -0.05) is 0 Å². The molecule has 0 unspecified atom stereocenters. The van der Waals surface area contributed by atoms with E-state index in [0.717, 1.165) is 11.7 Å². The maximum absolute atomic E-state index is 4.49. The van der Waals surface area contributed by atoms with Crippen LogP contribution in [-0.2, 0) is 12.8 Å². The fourth-order valence-corrected chi connectivity index (χ4v) is 2.53. The average Bonchev–Trinajstić information content (AvgIpc) is 2.46. The Labute approximate surface area is 70.7 Å². The molecule has 0 atom stereocenters. The van der Waals surface area contributed by atoms with Crippen molar-refractivity contribution < 1.29 is 0 Å². The Morgan fingerprint density at radius 3 is 3.18 bits per heavy atom. The first-order valence-electron chi connectivity index (χ1n) is 4.12. The summed E-state index contributed by atoms with van der Waals surface area (Å²) < 4.78 is 0. The lowest BCUT2D eigenvalue weighted by atomic mass is 10.4. The number of fused-ring (bicyclic) bond motifs is 1. The molecule has 0 radical (unpaired) electrons. The Morgan fingerprint density at radius 1 is 1.55 bits per heavy atom. The van der Waals surface area contributed by atoms with Crippen LogP contribution < -0.4 is 5.32 Å². The summed E-state index contributed by atoms with van der Waals surface area (Å²) in [6, 6.07) is 0. The summed E-state index contributed by atoms with van der Waals surface area (Å²) in [6.07, 6.45) is 3.75. The van der Waals surface area contributed by atoms with Gasteiger partial charge in [0.2, 0.25) is 0 Å². The van der Waals surface area contributed by atoms with Crippen LogP contribution in [0.3, 0.4) is 0 Å². The lowest BCUT2D eigenvalue weighted by Gasteiger charge is -1.94. The van der Waals surface area contributed by atoms with E-state index >= 15 is 0 Å². The van der Waals surface area contributed by atoms with Gasteiger partial charge in [0, 0.05) is 11.4 Å². The molecule has 0 fully saturated rings. The number of aromatic nitrogens is 1. The van der Waals surface area contributed by atoms with Gasteiger partial charge >= 0.3 is 0 Å². The summed E-state index contributed by atoms with van der Waals surface area (Å²) in [6.45, 7) is 3.08. The molecule has 0 saturated carbocycles.